The van der Waals surface area contributed by atoms with Crippen molar-refractivity contribution in [3.8, 4) is 5.75 Å². The molecule has 0 atom stereocenters. The van der Waals surface area contributed by atoms with Gasteiger partial charge in [-0.2, -0.15) is 5.10 Å². The Morgan fingerprint density at radius 2 is 1.97 bits per heavy atom. The predicted molar refractivity (Wildman–Crippen MR) is 141 cm³/mol. The van der Waals surface area contributed by atoms with Gasteiger partial charge in [0, 0.05) is 35.8 Å². The number of carbonyl (C=O) groups is 2. The number of aromatic amines is 1. The molecule has 5 rings (SSSR count). The van der Waals surface area contributed by atoms with Crippen molar-refractivity contribution < 1.29 is 27.8 Å². The first-order valence-electron chi connectivity index (χ1n) is 12.1. The quantitative estimate of drug-likeness (QED) is 0.438. The maximum Gasteiger partial charge on any atom is 0.272 e. The van der Waals surface area contributed by atoms with Crippen molar-refractivity contribution in [2.24, 2.45) is 10.8 Å². The van der Waals surface area contributed by atoms with Crippen LogP contribution in [0.3, 0.4) is 0 Å². The Kier molecular flexibility index (Phi) is 7.49. The van der Waals surface area contributed by atoms with E-state index >= 15 is 0 Å². The summed E-state index contributed by atoms with van der Waals surface area (Å²) in [6, 6.07) is 7.99. The van der Waals surface area contributed by atoms with Gasteiger partial charge >= 0.3 is 0 Å². The molecule has 0 unspecified atom stereocenters. The summed E-state index contributed by atoms with van der Waals surface area (Å²) >= 11 is 6.20. The molecule has 0 aliphatic carbocycles. The summed E-state index contributed by atoms with van der Waals surface area (Å²) in [4.78, 5) is 34.3. The van der Waals surface area contributed by atoms with E-state index in [4.69, 9.17) is 31.9 Å². The SMILES string of the molecule is C=C1c2ccc(C(N)=O)cc2C(Cc2nc3cc(OCC(F)F)c(Cl)cc3[nH]2)=NN1CC(=O)N1CCOCC1. The number of ether oxygens (including phenoxy) is 2. The van der Waals surface area contributed by atoms with Gasteiger partial charge in [-0.3, -0.25) is 14.6 Å². The Bertz CT molecular complexity index is 1480. The number of alkyl halides is 2. The fourth-order valence-electron chi connectivity index (χ4n) is 4.46. The summed E-state index contributed by atoms with van der Waals surface area (Å²) in [5.74, 6) is -0.122. The maximum atomic E-state index is 13.0. The van der Waals surface area contributed by atoms with E-state index in [-0.39, 0.29) is 29.6 Å². The molecule has 1 saturated heterocycles. The maximum absolute atomic E-state index is 13.0. The third-order valence-corrected chi connectivity index (χ3v) is 6.71. The summed E-state index contributed by atoms with van der Waals surface area (Å²) in [7, 11) is 0. The fourth-order valence-corrected chi connectivity index (χ4v) is 4.68. The van der Waals surface area contributed by atoms with Crippen molar-refractivity contribution in [3.05, 3.63) is 64.4 Å². The number of primary amides is 1. The van der Waals surface area contributed by atoms with Gasteiger partial charge in [-0.15, -0.1) is 0 Å². The highest BCUT2D eigenvalue weighted by atomic mass is 35.5. The zero-order valence-corrected chi connectivity index (χ0v) is 21.5. The zero-order chi connectivity index (χ0) is 27.7. The Labute approximate surface area is 227 Å². The largest absolute Gasteiger partial charge is 0.486 e. The van der Waals surface area contributed by atoms with Crippen LogP contribution in [0, 0.1) is 0 Å². The van der Waals surface area contributed by atoms with Gasteiger partial charge in [0.1, 0.15) is 24.7 Å². The highest BCUT2D eigenvalue weighted by Gasteiger charge is 2.28. The van der Waals surface area contributed by atoms with E-state index in [1.165, 1.54) is 11.1 Å². The van der Waals surface area contributed by atoms with Crippen molar-refractivity contribution in [3.63, 3.8) is 0 Å². The topological polar surface area (TPSA) is 126 Å². The molecule has 2 aromatic carbocycles. The van der Waals surface area contributed by atoms with Gasteiger partial charge < -0.3 is 25.1 Å². The highest BCUT2D eigenvalue weighted by Crippen LogP contribution is 2.32. The van der Waals surface area contributed by atoms with Crippen LogP contribution in [0.5, 0.6) is 5.75 Å². The number of H-pyrrole nitrogens is 1. The second kappa shape index (κ2) is 11.0. The van der Waals surface area contributed by atoms with Crippen LogP contribution < -0.4 is 10.5 Å². The van der Waals surface area contributed by atoms with Crippen LogP contribution in [0.2, 0.25) is 5.02 Å². The lowest BCUT2D eigenvalue weighted by atomic mass is 9.94. The molecule has 3 N–H and O–H groups in total. The zero-order valence-electron chi connectivity index (χ0n) is 20.8. The molecule has 3 heterocycles. The first-order chi connectivity index (χ1) is 18.7. The number of hydrogen-bond donors (Lipinski definition) is 2. The van der Waals surface area contributed by atoms with Crippen molar-refractivity contribution in [2.75, 3.05) is 39.5 Å². The number of nitrogens with one attached hydrogen (secondary N) is 1. The van der Waals surface area contributed by atoms with Crippen LogP contribution >= 0.6 is 11.6 Å². The standard InChI is InChI=1S/C26H25ClF2N6O4/c1-14-16-3-2-15(26(30)37)8-17(16)19(33-35(14)12-25(36)34-4-6-38-7-5-34)11-24-31-20-9-18(27)22(10-21(20)32-24)39-13-23(28)29/h2-3,8-10,23H,1,4-7,11-13H2,(H2,30,37)(H,31,32). The number of nitrogens with zero attached hydrogens (tertiary/aromatic N) is 4. The first-order valence-corrected chi connectivity index (χ1v) is 12.5. The average molecular weight is 559 g/mol. The Hall–Kier alpha value is -4.03. The molecule has 3 aromatic rings. The summed E-state index contributed by atoms with van der Waals surface area (Å²) in [5, 5.41) is 6.41. The number of amides is 2. The van der Waals surface area contributed by atoms with Gasteiger partial charge in [-0.25, -0.2) is 13.8 Å². The van der Waals surface area contributed by atoms with E-state index in [0.29, 0.717) is 71.3 Å². The second-order valence-corrected chi connectivity index (χ2v) is 9.44. The fraction of sp³-hybridized carbons (Fsp3) is 0.308. The van der Waals surface area contributed by atoms with Gasteiger partial charge in [0.25, 0.3) is 6.43 Å². The lowest BCUT2D eigenvalue weighted by Crippen LogP contribution is -2.45. The van der Waals surface area contributed by atoms with E-state index < -0.39 is 18.9 Å². The number of fused-ring (bicyclic) bond motifs is 2. The average Bonchev–Trinajstić information content (AvgIpc) is 3.30. The van der Waals surface area contributed by atoms with Gasteiger partial charge in [-0.1, -0.05) is 24.2 Å². The predicted octanol–water partition coefficient (Wildman–Crippen LogP) is 3.05. The number of morpholine rings is 1. The molecule has 39 heavy (non-hydrogen) atoms. The van der Waals surface area contributed by atoms with E-state index in [2.05, 4.69) is 16.5 Å². The van der Waals surface area contributed by atoms with Gasteiger partial charge in [0.05, 0.1) is 47.1 Å². The van der Waals surface area contributed by atoms with E-state index in [1.807, 2.05) is 0 Å². The minimum atomic E-state index is -2.64. The molecule has 2 aliphatic rings. The van der Waals surface area contributed by atoms with Crippen LogP contribution in [-0.4, -0.2) is 83.3 Å². The molecule has 204 valence electrons. The monoisotopic (exact) mass is 558 g/mol. The summed E-state index contributed by atoms with van der Waals surface area (Å²) in [6.07, 6.45) is -2.46. The molecule has 10 nitrogen and oxygen atoms in total. The van der Waals surface area contributed by atoms with Gasteiger partial charge in [0.15, 0.2) is 0 Å². The summed E-state index contributed by atoms with van der Waals surface area (Å²) < 4.78 is 35.6. The van der Waals surface area contributed by atoms with Crippen molar-refractivity contribution in [1.29, 1.82) is 0 Å². The normalized spacial score (nSPS) is 15.5. The van der Waals surface area contributed by atoms with E-state index in [9.17, 15) is 18.4 Å². The molecule has 0 spiro atoms. The van der Waals surface area contributed by atoms with Crippen molar-refractivity contribution in [1.82, 2.24) is 19.9 Å². The minimum absolute atomic E-state index is 0.0279. The molecular weight excluding hydrogens is 534 g/mol. The molecule has 13 heteroatoms. The molecule has 2 aliphatic heterocycles. The van der Waals surface area contributed by atoms with Crippen LogP contribution in [0.25, 0.3) is 16.7 Å². The molecule has 2 amide bonds. The lowest BCUT2D eigenvalue weighted by molar-refractivity contribution is -0.135. The number of carbonyl (C=O) groups excluding carboxylic acids is 2. The number of imidazole rings is 1. The number of halogens is 3. The molecule has 0 saturated carbocycles. The van der Waals surface area contributed by atoms with Gasteiger partial charge in [0.2, 0.25) is 11.8 Å². The number of rotatable bonds is 8. The van der Waals surface area contributed by atoms with Crippen LogP contribution in [-0.2, 0) is 16.0 Å². The summed E-state index contributed by atoms with van der Waals surface area (Å²) in [5.41, 5.74) is 9.20. The molecule has 0 radical (unpaired) electrons. The molecule has 0 bridgehead atoms. The number of nitrogens with two attached hydrogens (primary N) is 1. The van der Waals surface area contributed by atoms with Crippen LogP contribution in [0.4, 0.5) is 8.78 Å². The number of benzene rings is 2. The molecule has 1 aromatic heterocycles. The van der Waals surface area contributed by atoms with Crippen molar-refractivity contribution >= 4 is 45.9 Å². The second-order valence-electron chi connectivity index (χ2n) is 9.03. The van der Waals surface area contributed by atoms with Crippen LogP contribution in [0.15, 0.2) is 42.0 Å². The highest BCUT2D eigenvalue weighted by molar-refractivity contribution is 6.32. The lowest BCUT2D eigenvalue weighted by Gasteiger charge is -2.32. The minimum Gasteiger partial charge on any atom is -0.486 e. The molecular formula is C26H25ClF2N6O4. The number of aromatic nitrogens is 2. The Morgan fingerprint density at radius 1 is 1.21 bits per heavy atom. The third kappa shape index (κ3) is 5.71. The van der Waals surface area contributed by atoms with E-state index in [0.717, 1.165) is 0 Å². The summed E-state index contributed by atoms with van der Waals surface area (Å²) in [6.45, 7) is 5.27. The first kappa shape index (κ1) is 26.6. The smallest absolute Gasteiger partial charge is 0.272 e. The number of hydrogen-bond acceptors (Lipinski definition) is 7. The third-order valence-electron chi connectivity index (χ3n) is 6.41. The van der Waals surface area contributed by atoms with Gasteiger partial charge in [-0.05, 0) is 18.2 Å². The van der Waals surface area contributed by atoms with Crippen molar-refractivity contribution in [2.45, 2.75) is 12.8 Å². The Balaban J connectivity index is 1.47. The van der Waals surface area contributed by atoms with Crippen LogP contribution in [0.1, 0.15) is 27.3 Å². The Morgan fingerprint density at radius 3 is 2.69 bits per heavy atom. The number of hydrazone groups is 1. The van der Waals surface area contributed by atoms with E-state index in [1.54, 1.807) is 29.2 Å². The molecule has 1 fully saturated rings.